The molecular weight excluding hydrogens is 232 g/mol. The van der Waals surface area contributed by atoms with Crippen LogP contribution < -0.4 is 0 Å². The minimum atomic E-state index is -0.244. The topological polar surface area (TPSA) is 20.2 Å². The zero-order chi connectivity index (χ0) is 13.2. The Labute approximate surface area is 117 Å². The van der Waals surface area contributed by atoms with Crippen molar-refractivity contribution in [1.82, 2.24) is 0 Å². The van der Waals surface area contributed by atoms with Crippen LogP contribution in [0, 0.1) is 11.8 Å². The van der Waals surface area contributed by atoms with Crippen molar-refractivity contribution in [3.63, 3.8) is 0 Å². The van der Waals surface area contributed by atoms with Gasteiger partial charge in [0, 0.05) is 0 Å². The van der Waals surface area contributed by atoms with Gasteiger partial charge in [-0.25, -0.2) is 0 Å². The molecule has 0 saturated heterocycles. The average Bonchev–Trinajstić information content (AvgIpc) is 2.85. The van der Waals surface area contributed by atoms with Gasteiger partial charge in [0.15, 0.2) is 0 Å². The molecule has 1 aromatic rings. The van der Waals surface area contributed by atoms with Crippen molar-refractivity contribution in [3.8, 4) is 0 Å². The first-order valence-corrected chi connectivity index (χ1v) is 8.06. The maximum Gasteiger partial charge on any atom is 0.0818 e. The second kappa shape index (κ2) is 5.66. The van der Waals surface area contributed by atoms with Crippen LogP contribution in [-0.4, -0.2) is 5.11 Å². The van der Waals surface area contributed by atoms with Gasteiger partial charge >= 0.3 is 0 Å². The lowest BCUT2D eigenvalue weighted by atomic mass is 9.79. The van der Waals surface area contributed by atoms with Gasteiger partial charge in [-0.1, -0.05) is 50.5 Å². The van der Waals surface area contributed by atoms with E-state index < -0.39 is 0 Å². The molecule has 3 rings (SSSR count). The summed E-state index contributed by atoms with van der Waals surface area (Å²) in [5.74, 6) is 2.12. The maximum atomic E-state index is 10.5. The first-order chi connectivity index (χ1) is 9.28. The highest BCUT2D eigenvalue weighted by Gasteiger charge is 2.29. The van der Waals surface area contributed by atoms with E-state index in [1.807, 2.05) is 0 Å². The van der Waals surface area contributed by atoms with Gasteiger partial charge < -0.3 is 5.11 Å². The Morgan fingerprint density at radius 1 is 1.11 bits per heavy atom. The SMILES string of the molecule is CCC1CCC(C(O)c2ccc(C3CCC3)cc2)C1. The Morgan fingerprint density at radius 2 is 1.84 bits per heavy atom. The van der Waals surface area contributed by atoms with Crippen molar-refractivity contribution in [3.05, 3.63) is 35.4 Å². The molecular formula is C18H26O. The van der Waals surface area contributed by atoms with Crippen LogP contribution in [0.1, 0.15) is 75.0 Å². The fourth-order valence-electron chi connectivity index (χ4n) is 3.75. The molecule has 2 aliphatic carbocycles. The molecule has 0 radical (unpaired) electrons. The van der Waals surface area contributed by atoms with Gasteiger partial charge in [0.2, 0.25) is 0 Å². The summed E-state index contributed by atoms with van der Waals surface area (Å²) in [6.07, 6.45) is 8.82. The monoisotopic (exact) mass is 258 g/mol. The molecule has 104 valence electrons. The van der Waals surface area contributed by atoms with Crippen LogP contribution in [0.15, 0.2) is 24.3 Å². The molecule has 2 saturated carbocycles. The van der Waals surface area contributed by atoms with Gasteiger partial charge in [0.25, 0.3) is 0 Å². The molecule has 1 nitrogen and oxygen atoms in total. The van der Waals surface area contributed by atoms with E-state index >= 15 is 0 Å². The average molecular weight is 258 g/mol. The van der Waals surface area contributed by atoms with E-state index in [0.29, 0.717) is 5.92 Å². The molecule has 0 aliphatic heterocycles. The highest BCUT2D eigenvalue weighted by Crippen LogP contribution is 2.41. The van der Waals surface area contributed by atoms with Gasteiger partial charge in [-0.2, -0.15) is 0 Å². The molecule has 0 heterocycles. The van der Waals surface area contributed by atoms with E-state index in [9.17, 15) is 5.11 Å². The number of aliphatic hydroxyl groups is 1. The molecule has 3 atom stereocenters. The van der Waals surface area contributed by atoms with Gasteiger partial charge in [-0.15, -0.1) is 0 Å². The zero-order valence-corrected chi connectivity index (χ0v) is 12.0. The molecule has 1 heteroatoms. The molecule has 19 heavy (non-hydrogen) atoms. The molecule has 0 aromatic heterocycles. The van der Waals surface area contributed by atoms with E-state index in [0.717, 1.165) is 17.4 Å². The normalized spacial score (nSPS) is 29.2. The number of benzene rings is 1. The Balaban J connectivity index is 1.64. The number of hydrogen-bond acceptors (Lipinski definition) is 1. The summed E-state index contributed by atoms with van der Waals surface area (Å²) in [7, 11) is 0. The smallest absolute Gasteiger partial charge is 0.0818 e. The van der Waals surface area contributed by atoms with E-state index in [2.05, 4.69) is 31.2 Å². The van der Waals surface area contributed by atoms with Crippen LogP contribution in [0.5, 0.6) is 0 Å². The summed E-state index contributed by atoms with van der Waals surface area (Å²) < 4.78 is 0. The summed E-state index contributed by atoms with van der Waals surface area (Å²) >= 11 is 0. The predicted molar refractivity (Wildman–Crippen MR) is 79.1 cm³/mol. The number of rotatable bonds is 4. The van der Waals surface area contributed by atoms with Gasteiger partial charge in [0.1, 0.15) is 0 Å². The Bertz CT molecular complexity index is 404. The third-order valence-corrected chi connectivity index (χ3v) is 5.46. The number of hydrogen-bond donors (Lipinski definition) is 1. The molecule has 1 N–H and O–H groups in total. The maximum absolute atomic E-state index is 10.5. The summed E-state index contributed by atoms with van der Waals surface area (Å²) in [5, 5.41) is 10.5. The van der Waals surface area contributed by atoms with Crippen molar-refractivity contribution in [2.45, 2.75) is 63.9 Å². The Hall–Kier alpha value is -0.820. The van der Waals surface area contributed by atoms with E-state index in [1.165, 1.54) is 50.5 Å². The van der Waals surface area contributed by atoms with E-state index in [1.54, 1.807) is 0 Å². The van der Waals surface area contributed by atoms with Crippen LogP contribution in [0.25, 0.3) is 0 Å². The lowest BCUT2D eigenvalue weighted by Gasteiger charge is -2.26. The third-order valence-electron chi connectivity index (χ3n) is 5.46. The Morgan fingerprint density at radius 3 is 2.37 bits per heavy atom. The van der Waals surface area contributed by atoms with E-state index in [4.69, 9.17) is 0 Å². The first-order valence-electron chi connectivity index (χ1n) is 8.06. The van der Waals surface area contributed by atoms with Crippen LogP contribution in [0.4, 0.5) is 0 Å². The highest BCUT2D eigenvalue weighted by molar-refractivity contribution is 5.28. The lowest BCUT2D eigenvalue weighted by Crippen LogP contribution is -2.11. The quantitative estimate of drug-likeness (QED) is 0.821. The minimum Gasteiger partial charge on any atom is -0.388 e. The Kier molecular flexibility index (Phi) is 3.93. The molecule has 1 aromatic carbocycles. The van der Waals surface area contributed by atoms with Crippen LogP contribution in [0.2, 0.25) is 0 Å². The van der Waals surface area contributed by atoms with Gasteiger partial charge in [-0.05, 0) is 54.6 Å². The minimum absolute atomic E-state index is 0.244. The largest absolute Gasteiger partial charge is 0.388 e. The van der Waals surface area contributed by atoms with Crippen molar-refractivity contribution in [2.75, 3.05) is 0 Å². The lowest BCUT2D eigenvalue weighted by molar-refractivity contribution is 0.109. The fraction of sp³-hybridized carbons (Fsp3) is 0.667. The van der Waals surface area contributed by atoms with Crippen LogP contribution >= 0.6 is 0 Å². The van der Waals surface area contributed by atoms with E-state index in [-0.39, 0.29) is 6.10 Å². The zero-order valence-electron chi connectivity index (χ0n) is 12.0. The van der Waals surface area contributed by atoms with Crippen molar-refractivity contribution in [1.29, 1.82) is 0 Å². The van der Waals surface area contributed by atoms with Crippen LogP contribution in [0.3, 0.4) is 0 Å². The molecule has 3 unspecified atom stereocenters. The molecule has 0 amide bonds. The molecule has 2 fully saturated rings. The second-order valence-electron chi connectivity index (χ2n) is 6.59. The molecule has 0 bridgehead atoms. The van der Waals surface area contributed by atoms with Crippen molar-refractivity contribution < 1.29 is 5.11 Å². The summed E-state index contributed by atoms with van der Waals surface area (Å²) in [5.41, 5.74) is 2.60. The fourth-order valence-corrected chi connectivity index (χ4v) is 3.75. The van der Waals surface area contributed by atoms with Crippen molar-refractivity contribution >= 4 is 0 Å². The standard InChI is InChI=1S/C18H26O/c1-2-13-6-7-17(12-13)18(19)16-10-8-15(9-11-16)14-4-3-5-14/h8-11,13-14,17-19H,2-7,12H2,1H3. The van der Waals surface area contributed by atoms with Crippen LogP contribution in [-0.2, 0) is 0 Å². The van der Waals surface area contributed by atoms with Gasteiger partial charge in [-0.3, -0.25) is 0 Å². The highest BCUT2D eigenvalue weighted by atomic mass is 16.3. The summed E-state index contributed by atoms with van der Waals surface area (Å²) in [6, 6.07) is 8.82. The first kappa shape index (κ1) is 13.2. The van der Waals surface area contributed by atoms with Gasteiger partial charge in [0.05, 0.1) is 6.10 Å². The summed E-state index contributed by atoms with van der Waals surface area (Å²) in [6.45, 7) is 2.27. The second-order valence-corrected chi connectivity index (χ2v) is 6.59. The third kappa shape index (κ3) is 2.72. The molecule has 2 aliphatic rings. The summed E-state index contributed by atoms with van der Waals surface area (Å²) in [4.78, 5) is 0. The predicted octanol–water partition coefficient (Wildman–Crippen LogP) is 4.81. The molecule has 0 spiro atoms. The van der Waals surface area contributed by atoms with Crippen molar-refractivity contribution in [2.24, 2.45) is 11.8 Å². The number of aliphatic hydroxyl groups excluding tert-OH is 1.